The Bertz CT molecular complexity index is 1300. The van der Waals surface area contributed by atoms with Gasteiger partial charge in [0.15, 0.2) is 5.78 Å². The van der Waals surface area contributed by atoms with E-state index in [0.717, 1.165) is 11.1 Å². The fourth-order valence-corrected chi connectivity index (χ4v) is 6.74. The second kappa shape index (κ2) is 13.5. The average molecular weight is 548 g/mol. The van der Waals surface area contributed by atoms with Crippen LogP contribution in [0.2, 0.25) is 0 Å². The summed E-state index contributed by atoms with van der Waals surface area (Å²) >= 11 is 0. The van der Waals surface area contributed by atoms with Crippen LogP contribution < -0.4 is 0 Å². The molecule has 1 aliphatic heterocycles. The van der Waals surface area contributed by atoms with Gasteiger partial charge in [-0.1, -0.05) is 91.0 Å². The maximum Gasteiger partial charge on any atom is 0.329 e. The van der Waals surface area contributed by atoms with E-state index in [1.54, 1.807) is 30.3 Å². The van der Waals surface area contributed by atoms with E-state index in [4.69, 9.17) is 4.74 Å². The zero-order valence-electron chi connectivity index (χ0n) is 21.9. The van der Waals surface area contributed by atoms with Gasteiger partial charge in [0.05, 0.1) is 0 Å². The molecule has 2 unspecified atom stereocenters. The van der Waals surface area contributed by atoms with Gasteiger partial charge in [-0.15, -0.1) is 0 Å². The molecule has 0 saturated carbocycles. The fourth-order valence-electron chi connectivity index (χ4n) is 4.93. The minimum atomic E-state index is -4.11. The van der Waals surface area contributed by atoms with Crippen LogP contribution in [0.1, 0.15) is 47.2 Å². The quantitative estimate of drug-likeness (QED) is 0.189. The number of likely N-dealkylation sites (tertiary alicyclic amines) is 1. The lowest BCUT2D eigenvalue weighted by atomic mass is 10.0. The number of nitrogens with zero attached hydrogens (tertiary/aromatic N) is 1. The largest absolute Gasteiger partial charge is 0.459 e. The number of Topliss-reactive ketones (excluding diaryl/α,β-unsaturated/α-hetero) is 1. The molecule has 0 bridgehead atoms. The number of esters is 1. The van der Waals surface area contributed by atoms with Gasteiger partial charge < -0.3 is 14.5 Å². The van der Waals surface area contributed by atoms with Crippen LogP contribution in [0.25, 0.3) is 0 Å². The average Bonchev–Trinajstić information content (AvgIpc) is 3.46. The van der Waals surface area contributed by atoms with Crippen molar-refractivity contribution in [2.45, 2.75) is 50.4 Å². The van der Waals surface area contributed by atoms with Gasteiger partial charge in [0.25, 0.3) is 0 Å². The maximum absolute atomic E-state index is 13.7. The third kappa shape index (κ3) is 7.98. The Morgan fingerprint density at radius 2 is 1.49 bits per heavy atom. The van der Waals surface area contributed by atoms with Crippen molar-refractivity contribution >= 4 is 25.0 Å². The number of aryl methyl sites for hydroxylation is 1. The number of hydrogen-bond acceptors (Lipinski definition) is 5. The van der Waals surface area contributed by atoms with E-state index in [1.807, 2.05) is 60.7 Å². The van der Waals surface area contributed by atoms with Gasteiger partial charge in [-0.3, -0.25) is 14.2 Å². The molecule has 1 heterocycles. The van der Waals surface area contributed by atoms with E-state index in [0.29, 0.717) is 31.4 Å². The zero-order valence-corrected chi connectivity index (χ0v) is 22.7. The molecule has 3 aromatic carbocycles. The van der Waals surface area contributed by atoms with E-state index in [-0.39, 0.29) is 25.2 Å². The van der Waals surface area contributed by atoms with Crippen molar-refractivity contribution in [2.24, 2.45) is 0 Å². The van der Waals surface area contributed by atoms with Gasteiger partial charge in [-0.25, -0.2) is 4.79 Å². The standard InChI is InChI=1S/C31H34NO6P/c33-29(26-15-8-3-9-16-26)21-27(19-18-24-11-4-1-5-12-24)39(36,37)23-30(34)32-20-10-17-28(32)31(35)38-22-25-13-6-2-7-14-25/h1-9,11-16,27-28H,10,17-23H2,(H,36,37)/t27?,28-/m0/s1. The van der Waals surface area contributed by atoms with Crippen molar-refractivity contribution in [3.63, 3.8) is 0 Å². The zero-order chi connectivity index (χ0) is 27.7. The number of hydrogen-bond donors (Lipinski definition) is 1. The first-order chi connectivity index (χ1) is 18.8. The van der Waals surface area contributed by atoms with Gasteiger partial charge in [0.1, 0.15) is 18.8 Å². The Balaban J connectivity index is 1.43. The smallest absolute Gasteiger partial charge is 0.329 e. The molecule has 3 aromatic rings. The first-order valence-corrected chi connectivity index (χ1v) is 15.2. The number of carbonyl (C=O) groups is 3. The van der Waals surface area contributed by atoms with Crippen LogP contribution in [0.4, 0.5) is 0 Å². The molecule has 0 radical (unpaired) electrons. The molecule has 39 heavy (non-hydrogen) atoms. The summed E-state index contributed by atoms with van der Waals surface area (Å²) in [5.41, 5.74) is 1.41. The Labute approximate surface area is 229 Å². The molecule has 7 nitrogen and oxygen atoms in total. The number of benzene rings is 3. The van der Waals surface area contributed by atoms with Crippen LogP contribution >= 0.6 is 7.37 Å². The van der Waals surface area contributed by atoms with E-state index >= 15 is 0 Å². The molecule has 0 aliphatic carbocycles. The maximum atomic E-state index is 13.7. The van der Waals surface area contributed by atoms with Gasteiger partial charge in [0, 0.05) is 24.2 Å². The van der Waals surface area contributed by atoms with E-state index in [9.17, 15) is 23.8 Å². The molecule has 0 aromatic heterocycles. The Morgan fingerprint density at radius 1 is 0.897 bits per heavy atom. The summed E-state index contributed by atoms with van der Waals surface area (Å²) in [5, 5.41) is 0. The van der Waals surface area contributed by atoms with Gasteiger partial charge in [-0.05, 0) is 36.8 Å². The molecule has 1 N–H and O–H groups in total. The lowest BCUT2D eigenvalue weighted by Gasteiger charge is -2.27. The van der Waals surface area contributed by atoms with E-state index in [1.165, 1.54) is 4.90 Å². The number of ether oxygens (including phenoxy) is 1. The van der Waals surface area contributed by atoms with E-state index in [2.05, 4.69) is 0 Å². The number of ketones is 1. The first-order valence-electron chi connectivity index (χ1n) is 13.3. The van der Waals surface area contributed by atoms with Gasteiger partial charge in [-0.2, -0.15) is 0 Å². The summed E-state index contributed by atoms with van der Waals surface area (Å²) in [7, 11) is -4.11. The summed E-state index contributed by atoms with van der Waals surface area (Å²) in [6.07, 6.45) is 1.09. The molecule has 3 atom stereocenters. The topological polar surface area (TPSA) is 101 Å². The van der Waals surface area contributed by atoms with Gasteiger partial charge in [0.2, 0.25) is 13.3 Å². The molecule has 1 aliphatic rings. The highest BCUT2D eigenvalue weighted by Crippen LogP contribution is 2.50. The highest BCUT2D eigenvalue weighted by molar-refractivity contribution is 7.59. The molecular weight excluding hydrogens is 513 g/mol. The molecule has 8 heteroatoms. The van der Waals surface area contributed by atoms with Crippen molar-refractivity contribution in [2.75, 3.05) is 12.7 Å². The summed E-state index contributed by atoms with van der Waals surface area (Å²) < 4.78 is 19.1. The van der Waals surface area contributed by atoms with Crippen molar-refractivity contribution in [1.82, 2.24) is 4.90 Å². The summed E-state index contributed by atoms with van der Waals surface area (Å²) in [6, 6.07) is 26.7. The number of amides is 1. The van der Waals surface area contributed by atoms with Crippen LogP contribution in [0, 0.1) is 0 Å². The van der Waals surface area contributed by atoms with Crippen LogP contribution in [-0.4, -0.2) is 51.9 Å². The second-order valence-corrected chi connectivity index (χ2v) is 12.5. The molecule has 4 rings (SSSR count). The summed E-state index contributed by atoms with van der Waals surface area (Å²) in [6.45, 7) is 0.418. The van der Waals surface area contributed by atoms with Crippen molar-refractivity contribution < 1.29 is 28.6 Å². The molecular formula is C31H34NO6P. The fraction of sp³-hybridized carbons (Fsp3) is 0.323. The Kier molecular flexibility index (Phi) is 9.85. The number of rotatable bonds is 12. The molecule has 0 spiro atoms. The normalized spacial score (nSPS) is 17.3. The molecule has 204 valence electrons. The van der Waals surface area contributed by atoms with Gasteiger partial charge >= 0.3 is 5.97 Å². The lowest BCUT2D eigenvalue weighted by Crippen LogP contribution is -2.43. The summed E-state index contributed by atoms with van der Waals surface area (Å²) in [4.78, 5) is 51.6. The highest BCUT2D eigenvalue weighted by Gasteiger charge is 2.40. The summed E-state index contributed by atoms with van der Waals surface area (Å²) in [5.74, 6) is -1.31. The molecule has 1 fully saturated rings. The van der Waals surface area contributed by atoms with Crippen LogP contribution in [0.5, 0.6) is 0 Å². The Hall–Kier alpha value is -3.54. The van der Waals surface area contributed by atoms with Crippen molar-refractivity contribution in [3.8, 4) is 0 Å². The number of carbonyl (C=O) groups excluding carboxylic acids is 3. The van der Waals surface area contributed by atoms with Crippen LogP contribution in [0.15, 0.2) is 91.0 Å². The van der Waals surface area contributed by atoms with Crippen molar-refractivity contribution in [1.29, 1.82) is 0 Å². The monoisotopic (exact) mass is 547 g/mol. The first kappa shape index (κ1) is 28.5. The van der Waals surface area contributed by atoms with Crippen molar-refractivity contribution in [3.05, 3.63) is 108 Å². The predicted octanol–water partition coefficient (Wildman–Crippen LogP) is 5.27. The van der Waals surface area contributed by atoms with Crippen LogP contribution in [0.3, 0.4) is 0 Å². The predicted molar refractivity (Wildman–Crippen MR) is 150 cm³/mol. The minimum absolute atomic E-state index is 0.0971. The second-order valence-electron chi connectivity index (χ2n) is 9.92. The lowest BCUT2D eigenvalue weighted by molar-refractivity contribution is -0.154. The highest BCUT2D eigenvalue weighted by atomic mass is 31.2. The SMILES string of the molecule is O=C(CC(CCc1ccccc1)P(=O)(O)CC(=O)N1CCC[C@H]1C(=O)OCc1ccccc1)c1ccccc1. The molecule has 1 amide bonds. The Morgan fingerprint density at radius 3 is 2.13 bits per heavy atom. The third-order valence-corrected chi connectivity index (χ3v) is 9.43. The van der Waals surface area contributed by atoms with E-state index < -0.39 is 37.1 Å². The minimum Gasteiger partial charge on any atom is -0.459 e. The third-order valence-electron chi connectivity index (χ3n) is 7.13. The van der Waals surface area contributed by atoms with Crippen LogP contribution in [-0.2, 0) is 31.9 Å². The molecule has 1 saturated heterocycles.